The number of piperidine rings is 1. The highest BCUT2D eigenvalue weighted by Crippen LogP contribution is 2.35. The van der Waals surface area contributed by atoms with E-state index in [4.69, 9.17) is 4.74 Å². The molecule has 1 saturated heterocycles. The average Bonchev–Trinajstić information content (AvgIpc) is 2.83. The molecule has 0 radical (unpaired) electrons. The molecule has 1 aliphatic heterocycles. The number of methoxy groups -OCH3 is 1. The van der Waals surface area contributed by atoms with E-state index in [1.807, 2.05) is 25.1 Å². The summed E-state index contributed by atoms with van der Waals surface area (Å²) < 4.78 is 6.93. The molecule has 0 spiro atoms. The molecule has 0 amide bonds. The van der Waals surface area contributed by atoms with Gasteiger partial charge in [-0.05, 0) is 62.4 Å². The molecule has 0 unspecified atom stereocenters. The predicted octanol–water partition coefficient (Wildman–Crippen LogP) is 4.55. The van der Waals surface area contributed by atoms with Gasteiger partial charge in [0.15, 0.2) is 0 Å². The number of pyridine rings is 1. The van der Waals surface area contributed by atoms with E-state index in [1.54, 1.807) is 17.7 Å². The van der Waals surface area contributed by atoms with Crippen LogP contribution in [0.25, 0.3) is 0 Å². The van der Waals surface area contributed by atoms with Crippen molar-refractivity contribution in [2.45, 2.75) is 38.8 Å². The number of likely N-dealkylation sites (tertiary alicyclic amines) is 1. The standard InChI is InChI=1S/C28H34N2O3/c1-21-19-25(31)26(28(32)30(21)17-18-33-2)27(24-11-7-4-8-12-24)29-15-13-23(14-16-29)20-22-9-5-3-6-10-22/h3-12,19,23,27,31H,13-18,20H2,1-2H3/t27-/m1/s1. The fraction of sp³-hybridized carbons (Fsp3) is 0.393. The second-order valence-corrected chi connectivity index (χ2v) is 9.02. The highest BCUT2D eigenvalue weighted by molar-refractivity contribution is 5.41. The molecular weight excluding hydrogens is 412 g/mol. The summed E-state index contributed by atoms with van der Waals surface area (Å²) in [5.74, 6) is 0.705. The highest BCUT2D eigenvalue weighted by atomic mass is 16.5. The quantitative estimate of drug-likeness (QED) is 0.551. The molecule has 1 fully saturated rings. The van der Waals surface area contributed by atoms with Crippen LogP contribution in [0.1, 0.15) is 41.3 Å². The predicted molar refractivity (Wildman–Crippen MR) is 132 cm³/mol. The Balaban J connectivity index is 1.63. The smallest absolute Gasteiger partial charge is 0.259 e. The SMILES string of the molecule is COCCn1c(C)cc(O)c([C@@H](c2ccccc2)N2CCC(Cc3ccccc3)CC2)c1=O. The van der Waals surface area contributed by atoms with Crippen LogP contribution in [0.5, 0.6) is 5.75 Å². The van der Waals surface area contributed by atoms with E-state index in [9.17, 15) is 9.90 Å². The zero-order valence-corrected chi connectivity index (χ0v) is 19.6. The molecule has 33 heavy (non-hydrogen) atoms. The topological polar surface area (TPSA) is 54.7 Å². The molecule has 5 heteroatoms. The van der Waals surface area contributed by atoms with Gasteiger partial charge in [0.05, 0.1) is 18.2 Å². The van der Waals surface area contributed by atoms with Gasteiger partial charge in [0, 0.05) is 19.3 Å². The minimum absolute atomic E-state index is 0.0754. The third-order valence-electron chi connectivity index (χ3n) is 6.81. The van der Waals surface area contributed by atoms with Gasteiger partial charge in [0.25, 0.3) is 5.56 Å². The molecule has 1 N–H and O–H groups in total. The zero-order valence-electron chi connectivity index (χ0n) is 19.6. The number of hydrogen-bond acceptors (Lipinski definition) is 4. The monoisotopic (exact) mass is 446 g/mol. The normalized spacial score (nSPS) is 16.1. The summed E-state index contributed by atoms with van der Waals surface area (Å²) in [6.45, 7) is 4.55. The van der Waals surface area contributed by atoms with E-state index in [0.717, 1.165) is 43.6 Å². The third-order valence-corrected chi connectivity index (χ3v) is 6.81. The van der Waals surface area contributed by atoms with Gasteiger partial charge < -0.3 is 14.4 Å². The van der Waals surface area contributed by atoms with Gasteiger partial charge >= 0.3 is 0 Å². The molecular formula is C28H34N2O3. The van der Waals surface area contributed by atoms with Gasteiger partial charge in [0.1, 0.15) is 5.75 Å². The number of benzene rings is 2. The summed E-state index contributed by atoms with van der Waals surface area (Å²) in [6, 6.07) is 22.2. The van der Waals surface area contributed by atoms with E-state index in [1.165, 1.54) is 5.56 Å². The lowest BCUT2D eigenvalue weighted by molar-refractivity contribution is 0.147. The van der Waals surface area contributed by atoms with Gasteiger partial charge in [-0.25, -0.2) is 0 Å². The van der Waals surface area contributed by atoms with E-state index in [-0.39, 0.29) is 17.4 Å². The number of rotatable bonds is 8. The molecule has 0 bridgehead atoms. The Morgan fingerprint density at radius 3 is 2.30 bits per heavy atom. The molecule has 1 atom stereocenters. The lowest BCUT2D eigenvalue weighted by atomic mass is 9.87. The number of aromatic nitrogens is 1. The fourth-order valence-corrected chi connectivity index (χ4v) is 5.04. The first kappa shape index (κ1) is 23.3. The van der Waals surface area contributed by atoms with Crippen LogP contribution in [0, 0.1) is 12.8 Å². The van der Waals surface area contributed by atoms with Crippen molar-refractivity contribution in [1.82, 2.24) is 9.47 Å². The molecule has 2 aromatic carbocycles. The van der Waals surface area contributed by atoms with Crippen LogP contribution >= 0.6 is 0 Å². The highest BCUT2D eigenvalue weighted by Gasteiger charge is 2.31. The van der Waals surface area contributed by atoms with Crippen LogP contribution in [-0.2, 0) is 17.7 Å². The van der Waals surface area contributed by atoms with Crippen LogP contribution < -0.4 is 5.56 Å². The van der Waals surface area contributed by atoms with Gasteiger partial charge in [-0.3, -0.25) is 9.69 Å². The zero-order chi connectivity index (χ0) is 23.2. The maximum atomic E-state index is 13.6. The number of aromatic hydroxyl groups is 1. The third kappa shape index (κ3) is 5.37. The second-order valence-electron chi connectivity index (χ2n) is 9.02. The largest absolute Gasteiger partial charge is 0.507 e. The summed E-state index contributed by atoms with van der Waals surface area (Å²) in [5.41, 5.74) is 3.49. The summed E-state index contributed by atoms with van der Waals surface area (Å²) in [5, 5.41) is 11.0. The average molecular weight is 447 g/mol. The number of nitrogens with zero attached hydrogens (tertiary/aromatic N) is 2. The van der Waals surface area contributed by atoms with Crippen molar-refractivity contribution in [3.8, 4) is 5.75 Å². The van der Waals surface area contributed by atoms with E-state index >= 15 is 0 Å². The summed E-state index contributed by atoms with van der Waals surface area (Å²) in [6.07, 6.45) is 3.23. The van der Waals surface area contributed by atoms with Crippen LogP contribution in [-0.4, -0.2) is 41.4 Å². The Hall–Kier alpha value is -2.89. The molecule has 5 nitrogen and oxygen atoms in total. The van der Waals surface area contributed by atoms with Crippen LogP contribution in [0.2, 0.25) is 0 Å². The maximum absolute atomic E-state index is 13.6. The van der Waals surface area contributed by atoms with Gasteiger partial charge in [0.2, 0.25) is 0 Å². The van der Waals surface area contributed by atoms with Crippen molar-refractivity contribution in [1.29, 1.82) is 0 Å². The van der Waals surface area contributed by atoms with Crippen LogP contribution in [0.4, 0.5) is 0 Å². The Bertz CT molecular complexity index is 1090. The van der Waals surface area contributed by atoms with E-state index < -0.39 is 0 Å². The lowest BCUT2D eigenvalue weighted by Gasteiger charge is -2.38. The number of hydrogen-bond donors (Lipinski definition) is 1. The molecule has 0 aliphatic carbocycles. The van der Waals surface area contributed by atoms with E-state index in [2.05, 4.69) is 47.4 Å². The molecule has 174 valence electrons. The number of aryl methyl sites for hydroxylation is 1. The Morgan fingerprint density at radius 2 is 1.67 bits per heavy atom. The van der Waals surface area contributed by atoms with Crippen molar-refractivity contribution >= 4 is 0 Å². The summed E-state index contributed by atoms with van der Waals surface area (Å²) in [7, 11) is 1.63. The first-order valence-electron chi connectivity index (χ1n) is 11.8. The van der Waals surface area contributed by atoms with Crippen molar-refractivity contribution < 1.29 is 9.84 Å². The molecule has 1 aliphatic rings. The minimum atomic E-state index is -0.272. The summed E-state index contributed by atoms with van der Waals surface area (Å²) in [4.78, 5) is 16.0. The summed E-state index contributed by atoms with van der Waals surface area (Å²) >= 11 is 0. The molecule has 0 saturated carbocycles. The van der Waals surface area contributed by atoms with Gasteiger partial charge in [-0.1, -0.05) is 60.7 Å². The second kappa shape index (κ2) is 10.8. The molecule has 4 rings (SSSR count). The van der Waals surface area contributed by atoms with E-state index in [0.29, 0.717) is 24.6 Å². The fourth-order valence-electron chi connectivity index (χ4n) is 5.04. The van der Waals surface area contributed by atoms with Crippen molar-refractivity contribution in [2.24, 2.45) is 5.92 Å². The first-order chi connectivity index (χ1) is 16.1. The molecule has 2 heterocycles. The molecule has 3 aromatic rings. The Kier molecular flexibility index (Phi) is 7.63. The van der Waals surface area contributed by atoms with Crippen molar-refractivity contribution in [2.75, 3.05) is 26.8 Å². The Morgan fingerprint density at radius 1 is 1.03 bits per heavy atom. The van der Waals surface area contributed by atoms with Crippen molar-refractivity contribution in [3.63, 3.8) is 0 Å². The first-order valence-corrected chi connectivity index (χ1v) is 11.8. The number of ether oxygens (including phenoxy) is 1. The maximum Gasteiger partial charge on any atom is 0.259 e. The van der Waals surface area contributed by atoms with Gasteiger partial charge in [-0.2, -0.15) is 0 Å². The molecule has 1 aromatic heterocycles. The Labute approximate surface area is 196 Å². The lowest BCUT2D eigenvalue weighted by Crippen LogP contribution is -2.41. The van der Waals surface area contributed by atoms with Crippen LogP contribution in [0.15, 0.2) is 71.5 Å². The minimum Gasteiger partial charge on any atom is -0.507 e. The van der Waals surface area contributed by atoms with Crippen LogP contribution in [0.3, 0.4) is 0 Å². The van der Waals surface area contributed by atoms with Gasteiger partial charge in [-0.15, -0.1) is 0 Å². The van der Waals surface area contributed by atoms with Crippen molar-refractivity contribution in [3.05, 3.63) is 99.5 Å².